The third-order valence-corrected chi connectivity index (χ3v) is 3.55. The molecule has 1 rings (SSSR count). The lowest BCUT2D eigenvalue weighted by Gasteiger charge is -2.19. The minimum atomic E-state index is -0.765. The van der Waals surface area contributed by atoms with E-state index in [2.05, 4.69) is 17.1 Å². The Balaban J connectivity index is 2.23. The fraction of sp³-hybridized carbons (Fsp3) is 0.846. The summed E-state index contributed by atoms with van der Waals surface area (Å²) in [5.41, 5.74) is 4.89. The van der Waals surface area contributed by atoms with Crippen LogP contribution in [0.25, 0.3) is 0 Å². The Morgan fingerprint density at radius 1 is 1.33 bits per heavy atom. The molecule has 0 saturated carbocycles. The van der Waals surface area contributed by atoms with Crippen molar-refractivity contribution in [1.82, 2.24) is 10.2 Å². The smallest absolute Gasteiger partial charge is 0.318 e. The summed E-state index contributed by atoms with van der Waals surface area (Å²) < 4.78 is 0. The van der Waals surface area contributed by atoms with Crippen molar-refractivity contribution in [2.24, 2.45) is 11.7 Å². The van der Waals surface area contributed by atoms with Gasteiger partial charge in [0, 0.05) is 13.0 Å². The van der Waals surface area contributed by atoms with Crippen LogP contribution >= 0.6 is 0 Å². The van der Waals surface area contributed by atoms with Crippen LogP contribution in [0, 0.1) is 5.92 Å². The zero-order valence-electron chi connectivity index (χ0n) is 11.3. The summed E-state index contributed by atoms with van der Waals surface area (Å²) in [6.07, 6.45) is 6.66. The summed E-state index contributed by atoms with van der Waals surface area (Å²) in [7, 11) is 0. The van der Waals surface area contributed by atoms with E-state index in [1.54, 1.807) is 0 Å². The van der Waals surface area contributed by atoms with Gasteiger partial charge in [0.1, 0.15) is 0 Å². The summed E-state index contributed by atoms with van der Waals surface area (Å²) >= 11 is 0. The average molecular weight is 255 g/mol. The summed E-state index contributed by atoms with van der Waals surface area (Å²) in [6.45, 7) is 5.08. The molecule has 1 fully saturated rings. The van der Waals surface area contributed by atoms with Crippen LogP contribution in [0.15, 0.2) is 0 Å². The predicted molar refractivity (Wildman–Crippen MR) is 71.0 cm³/mol. The number of carbonyl (C=O) groups excluding carboxylic acids is 2. The Kier molecular flexibility index (Phi) is 6.72. The quantitative estimate of drug-likeness (QED) is 0.781. The van der Waals surface area contributed by atoms with Gasteiger partial charge >= 0.3 is 6.03 Å². The van der Waals surface area contributed by atoms with Crippen molar-refractivity contribution in [2.45, 2.75) is 45.4 Å². The molecule has 1 aliphatic heterocycles. The minimum Gasteiger partial charge on any atom is -0.351 e. The number of carbonyl (C=O) groups is 2. The zero-order chi connectivity index (χ0) is 13.4. The van der Waals surface area contributed by atoms with Crippen LogP contribution in [-0.2, 0) is 4.79 Å². The molecule has 18 heavy (non-hydrogen) atoms. The molecule has 5 heteroatoms. The summed E-state index contributed by atoms with van der Waals surface area (Å²) in [5.74, 6) is 0.566. The van der Waals surface area contributed by atoms with Crippen LogP contribution in [0.1, 0.15) is 45.4 Å². The molecule has 0 aliphatic carbocycles. The highest BCUT2D eigenvalue weighted by atomic mass is 16.2. The van der Waals surface area contributed by atoms with Gasteiger partial charge in [-0.1, -0.05) is 19.8 Å². The number of urea groups is 1. The van der Waals surface area contributed by atoms with Crippen LogP contribution in [0.3, 0.4) is 0 Å². The van der Waals surface area contributed by atoms with Crippen molar-refractivity contribution in [3.05, 3.63) is 0 Å². The van der Waals surface area contributed by atoms with Crippen LogP contribution in [0.5, 0.6) is 0 Å². The van der Waals surface area contributed by atoms with Gasteiger partial charge in [-0.15, -0.1) is 0 Å². The second-order valence-electron chi connectivity index (χ2n) is 5.09. The second kappa shape index (κ2) is 8.08. The number of likely N-dealkylation sites (tertiary alicyclic amines) is 1. The van der Waals surface area contributed by atoms with Crippen LogP contribution in [0.2, 0.25) is 0 Å². The van der Waals surface area contributed by atoms with Crippen molar-refractivity contribution in [3.8, 4) is 0 Å². The molecule has 0 bridgehead atoms. The first-order chi connectivity index (χ1) is 8.61. The molecule has 104 valence electrons. The highest BCUT2D eigenvalue weighted by Gasteiger charge is 2.17. The first-order valence-electron chi connectivity index (χ1n) is 6.93. The molecule has 5 nitrogen and oxygen atoms in total. The van der Waals surface area contributed by atoms with Crippen molar-refractivity contribution in [1.29, 1.82) is 0 Å². The second-order valence-corrected chi connectivity index (χ2v) is 5.09. The Labute approximate surface area is 109 Å². The van der Waals surface area contributed by atoms with Crippen molar-refractivity contribution in [3.63, 3.8) is 0 Å². The molecule has 1 aliphatic rings. The maximum atomic E-state index is 11.3. The van der Waals surface area contributed by atoms with Gasteiger partial charge in [0.15, 0.2) is 0 Å². The van der Waals surface area contributed by atoms with Gasteiger partial charge < -0.3 is 10.6 Å². The SMILES string of the molecule is CCC[C@@H]1CCCN(CCC(=O)NC(N)=O)CC1. The molecule has 3 N–H and O–H groups in total. The van der Waals surface area contributed by atoms with Gasteiger partial charge in [-0.3, -0.25) is 10.1 Å². The molecule has 0 unspecified atom stereocenters. The normalized spacial score (nSPS) is 21.3. The molecule has 0 aromatic carbocycles. The van der Waals surface area contributed by atoms with E-state index in [1.807, 2.05) is 0 Å². The van der Waals surface area contributed by atoms with E-state index in [-0.39, 0.29) is 5.91 Å². The predicted octanol–water partition coefficient (Wildman–Crippen LogP) is 1.47. The molecule has 0 aromatic heterocycles. The molecule has 1 atom stereocenters. The third-order valence-electron chi connectivity index (χ3n) is 3.55. The molecule has 0 aromatic rings. The van der Waals surface area contributed by atoms with Gasteiger partial charge in [-0.2, -0.15) is 0 Å². The largest absolute Gasteiger partial charge is 0.351 e. The number of hydrogen-bond donors (Lipinski definition) is 2. The Morgan fingerprint density at radius 2 is 2.11 bits per heavy atom. The van der Waals surface area contributed by atoms with Gasteiger partial charge in [0.05, 0.1) is 0 Å². The van der Waals surface area contributed by atoms with E-state index in [0.717, 1.165) is 25.6 Å². The molecule has 1 heterocycles. The van der Waals surface area contributed by atoms with Crippen LogP contribution < -0.4 is 11.1 Å². The van der Waals surface area contributed by atoms with E-state index >= 15 is 0 Å². The first kappa shape index (κ1) is 15.0. The summed E-state index contributed by atoms with van der Waals surface area (Å²) in [5, 5.41) is 2.10. The van der Waals surface area contributed by atoms with E-state index in [0.29, 0.717) is 6.42 Å². The lowest BCUT2D eigenvalue weighted by molar-refractivity contribution is -0.120. The van der Waals surface area contributed by atoms with E-state index in [4.69, 9.17) is 5.73 Å². The number of amides is 3. The first-order valence-corrected chi connectivity index (χ1v) is 6.93. The topological polar surface area (TPSA) is 75.4 Å². The lowest BCUT2D eigenvalue weighted by atomic mass is 9.96. The number of primary amides is 1. The molecule has 3 amide bonds. The Hall–Kier alpha value is -1.10. The van der Waals surface area contributed by atoms with Gasteiger partial charge in [0.2, 0.25) is 5.91 Å². The highest BCUT2D eigenvalue weighted by Crippen LogP contribution is 2.21. The summed E-state index contributed by atoms with van der Waals surface area (Å²) in [6, 6.07) is -0.765. The van der Waals surface area contributed by atoms with Crippen LogP contribution in [0.4, 0.5) is 4.79 Å². The molecule has 1 saturated heterocycles. The van der Waals surface area contributed by atoms with E-state index in [9.17, 15) is 9.59 Å². The van der Waals surface area contributed by atoms with E-state index in [1.165, 1.54) is 32.1 Å². The number of nitrogens with one attached hydrogen (secondary N) is 1. The average Bonchev–Trinajstić information content (AvgIpc) is 2.52. The number of rotatable bonds is 5. The number of imide groups is 1. The van der Waals surface area contributed by atoms with E-state index < -0.39 is 6.03 Å². The van der Waals surface area contributed by atoms with Crippen LogP contribution in [-0.4, -0.2) is 36.5 Å². The molecular weight excluding hydrogens is 230 g/mol. The van der Waals surface area contributed by atoms with Crippen molar-refractivity contribution < 1.29 is 9.59 Å². The number of nitrogens with zero attached hydrogens (tertiary/aromatic N) is 1. The van der Waals surface area contributed by atoms with Crippen molar-refractivity contribution >= 4 is 11.9 Å². The highest BCUT2D eigenvalue weighted by molar-refractivity contribution is 5.93. The third kappa shape index (κ3) is 6.00. The Bertz CT molecular complexity index is 281. The number of nitrogens with two attached hydrogens (primary N) is 1. The molecule has 0 spiro atoms. The maximum absolute atomic E-state index is 11.3. The van der Waals surface area contributed by atoms with Gasteiger partial charge in [0.25, 0.3) is 0 Å². The molecular formula is C13H25N3O2. The minimum absolute atomic E-state index is 0.281. The molecule has 0 radical (unpaired) electrons. The monoisotopic (exact) mass is 255 g/mol. The van der Waals surface area contributed by atoms with Crippen molar-refractivity contribution in [2.75, 3.05) is 19.6 Å². The fourth-order valence-electron chi connectivity index (χ4n) is 2.60. The number of hydrogen-bond acceptors (Lipinski definition) is 3. The summed E-state index contributed by atoms with van der Waals surface area (Å²) in [4.78, 5) is 24.1. The Morgan fingerprint density at radius 3 is 2.78 bits per heavy atom. The lowest BCUT2D eigenvalue weighted by Crippen LogP contribution is -2.37. The van der Waals surface area contributed by atoms with Gasteiger partial charge in [-0.25, -0.2) is 4.79 Å². The fourth-order valence-corrected chi connectivity index (χ4v) is 2.60. The zero-order valence-corrected chi connectivity index (χ0v) is 11.3. The maximum Gasteiger partial charge on any atom is 0.318 e. The van der Waals surface area contributed by atoms with Gasteiger partial charge in [-0.05, 0) is 38.3 Å². The standard InChI is InChI=1S/C13H25N3O2/c1-2-4-11-5-3-8-16(9-6-11)10-7-12(17)15-13(14)18/h11H,2-10H2,1H3,(H3,14,15,17,18)/t11-/m1/s1.